The van der Waals surface area contributed by atoms with Gasteiger partial charge in [-0.2, -0.15) is 0 Å². The molecule has 0 radical (unpaired) electrons. The van der Waals surface area contributed by atoms with Gasteiger partial charge in [-0.3, -0.25) is 0 Å². The molecule has 0 aromatic carbocycles. The van der Waals surface area contributed by atoms with Crippen LogP contribution in [0.15, 0.2) is 12.3 Å². The zero-order chi connectivity index (χ0) is 9.84. The first-order valence-electron chi connectivity index (χ1n) is 3.60. The van der Waals surface area contributed by atoms with Crippen molar-refractivity contribution in [3.63, 3.8) is 0 Å². The van der Waals surface area contributed by atoms with Crippen LogP contribution in [0.2, 0.25) is 5.15 Å². The number of aromatic nitrogens is 1. The van der Waals surface area contributed by atoms with Gasteiger partial charge in [0.15, 0.2) is 0 Å². The lowest BCUT2D eigenvalue weighted by Crippen LogP contribution is -2.06. The fraction of sp³-hybridized carbons (Fsp3) is 0.250. The molecule has 0 saturated carbocycles. The molecule has 0 aliphatic rings. The standard InChI is InChI=1S/C8H9ClN2O2/c1-10-6-4-11-7(9)3-5(6)8(12)13-2/h3-4,10H,1-2H3. The van der Waals surface area contributed by atoms with E-state index in [0.29, 0.717) is 11.3 Å². The molecule has 0 unspecified atom stereocenters. The van der Waals surface area contributed by atoms with Gasteiger partial charge >= 0.3 is 5.97 Å². The van der Waals surface area contributed by atoms with Gasteiger partial charge in [0.2, 0.25) is 0 Å². The topological polar surface area (TPSA) is 51.2 Å². The third kappa shape index (κ3) is 2.09. The molecule has 13 heavy (non-hydrogen) atoms. The molecule has 1 aromatic heterocycles. The third-order valence-corrected chi connectivity index (χ3v) is 1.75. The van der Waals surface area contributed by atoms with E-state index >= 15 is 0 Å². The summed E-state index contributed by atoms with van der Waals surface area (Å²) in [6.45, 7) is 0. The fourth-order valence-electron chi connectivity index (χ4n) is 0.908. The smallest absolute Gasteiger partial charge is 0.340 e. The summed E-state index contributed by atoms with van der Waals surface area (Å²) >= 11 is 5.63. The monoisotopic (exact) mass is 200 g/mol. The number of nitrogens with one attached hydrogen (secondary N) is 1. The number of methoxy groups -OCH3 is 1. The minimum Gasteiger partial charge on any atom is -0.465 e. The highest BCUT2D eigenvalue weighted by atomic mass is 35.5. The molecule has 0 saturated heterocycles. The third-order valence-electron chi connectivity index (χ3n) is 1.55. The summed E-state index contributed by atoms with van der Waals surface area (Å²) < 4.78 is 4.57. The summed E-state index contributed by atoms with van der Waals surface area (Å²) in [4.78, 5) is 15.0. The van der Waals surface area contributed by atoms with Crippen LogP contribution in [0.3, 0.4) is 0 Å². The van der Waals surface area contributed by atoms with Crippen molar-refractivity contribution in [1.29, 1.82) is 0 Å². The van der Waals surface area contributed by atoms with Gasteiger partial charge in [-0.25, -0.2) is 9.78 Å². The number of ether oxygens (including phenoxy) is 1. The van der Waals surface area contributed by atoms with E-state index < -0.39 is 5.97 Å². The van der Waals surface area contributed by atoms with Crippen LogP contribution in [0.1, 0.15) is 10.4 Å². The largest absolute Gasteiger partial charge is 0.465 e. The number of carbonyl (C=O) groups is 1. The van der Waals surface area contributed by atoms with Gasteiger partial charge in [-0.1, -0.05) is 11.6 Å². The van der Waals surface area contributed by atoms with Crippen LogP contribution in [0, 0.1) is 0 Å². The number of halogens is 1. The Morgan fingerprint density at radius 2 is 2.38 bits per heavy atom. The van der Waals surface area contributed by atoms with Crippen molar-refractivity contribution in [3.8, 4) is 0 Å². The van der Waals surface area contributed by atoms with Crippen molar-refractivity contribution in [2.24, 2.45) is 0 Å². The molecule has 1 aromatic rings. The Hall–Kier alpha value is -1.29. The van der Waals surface area contributed by atoms with Gasteiger partial charge < -0.3 is 10.1 Å². The predicted octanol–water partition coefficient (Wildman–Crippen LogP) is 1.56. The molecule has 0 fully saturated rings. The van der Waals surface area contributed by atoms with Gasteiger partial charge in [-0.15, -0.1) is 0 Å². The average molecular weight is 201 g/mol. The van der Waals surface area contributed by atoms with Crippen LogP contribution in [0.5, 0.6) is 0 Å². The molecular formula is C8H9ClN2O2. The van der Waals surface area contributed by atoms with E-state index in [-0.39, 0.29) is 5.15 Å². The number of pyridine rings is 1. The second kappa shape index (κ2) is 4.09. The molecule has 1 rings (SSSR count). The summed E-state index contributed by atoms with van der Waals surface area (Å²) in [6, 6.07) is 1.46. The predicted molar refractivity (Wildman–Crippen MR) is 50.1 cm³/mol. The fourth-order valence-corrected chi connectivity index (χ4v) is 1.07. The molecule has 1 N–H and O–H groups in total. The van der Waals surface area contributed by atoms with Crippen molar-refractivity contribution >= 4 is 23.3 Å². The van der Waals surface area contributed by atoms with E-state index in [4.69, 9.17) is 11.6 Å². The minimum absolute atomic E-state index is 0.263. The number of esters is 1. The second-order valence-corrected chi connectivity index (χ2v) is 2.68. The second-order valence-electron chi connectivity index (χ2n) is 2.29. The Morgan fingerprint density at radius 1 is 1.69 bits per heavy atom. The molecule has 0 amide bonds. The van der Waals surface area contributed by atoms with E-state index in [9.17, 15) is 4.79 Å². The van der Waals surface area contributed by atoms with Crippen LogP contribution in [0.25, 0.3) is 0 Å². The molecule has 4 nitrogen and oxygen atoms in total. The average Bonchev–Trinajstić information content (AvgIpc) is 2.16. The van der Waals surface area contributed by atoms with Gasteiger partial charge in [0.25, 0.3) is 0 Å². The van der Waals surface area contributed by atoms with Gasteiger partial charge in [-0.05, 0) is 6.07 Å². The maximum atomic E-state index is 11.2. The Bertz CT molecular complexity index is 328. The van der Waals surface area contributed by atoms with Crippen LogP contribution < -0.4 is 5.32 Å². The molecule has 5 heteroatoms. The van der Waals surface area contributed by atoms with E-state index in [2.05, 4.69) is 15.0 Å². The van der Waals surface area contributed by atoms with Gasteiger partial charge in [0, 0.05) is 7.05 Å². The van der Waals surface area contributed by atoms with Crippen LogP contribution in [-0.4, -0.2) is 25.1 Å². The summed E-state index contributed by atoms with van der Waals surface area (Å²) in [5.41, 5.74) is 0.973. The Kier molecular flexibility index (Phi) is 3.08. The zero-order valence-electron chi connectivity index (χ0n) is 7.30. The first-order valence-corrected chi connectivity index (χ1v) is 3.98. The summed E-state index contributed by atoms with van der Waals surface area (Å²) in [5, 5.41) is 3.08. The molecule has 1 heterocycles. The van der Waals surface area contributed by atoms with E-state index in [1.807, 2.05) is 0 Å². The molecule has 70 valence electrons. The van der Waals surface area contributed by atoms with Crippen molar-refractivity contribution < 1.29 is 9.53 Å². The quantitative estimate of drug-likeness (QED) is 0.582. The number of hydrogen-bond donors (Lipinski definition) is 1. The highest BCUT2D eigenvalue weighted by molar-refractivity contribution is 6.29. The molecule has 0 aliphatic heterocycles. The van der Waals surface area contributed by atoms with E-state index in [1.165, 1.54) is 19.4 Å². The summed E-state index contributed by atoms with van der Waals surface area (Å²) in [6.07, 6.45) is 1.48. The maximum Gasteiger partial charge on any atom is 0.340 e. The van der Waals surface area contributed by atoms with Crippen LogP contribution >= 0.6 is 11.6 Å². The lowest BCUT2D eigenvalue weighted by molar-refractivity contribution is 0.0601. The SMILES string of the molecule is CNc1cnc(Cl)cc1C(=O)OC. The first kappa shape index (κ1) is 9.80. The molecule has 0 atom stereocenters. The van der Waals surface area contributed by atoms with E-state index in [1.54, 1.807) is 7.05 Å². The first-order chi connectivity index (χ1) is 6.19. The lowest BCUT2D eigenvalue weighted by atomic mass is 10.2. The minimum atomic E-state index is -0.436. The Balaban J connectivity index is 3.15. The highest BCUT2D eigenvalue weighted by Crippen LogP contribution is 2.18. The molecule has 0 aliphatic carbocycles. The Labute approximate surface area is 80.9 Å². The van der Waals surface area contributed by atoms with Crippen molar-refractivity contribution in [2.75, 3.05) is 19.5 Å². The Morgan fingerprint density at radius 3 is 2.92 bits per heavy atom. The number of hydrogen-bond acceptors (Lipinski definition) is 4. The van der Waals surface area contributed by atoms with Gasteiger partial charge in [0.05, 0.1) is 24.6 Å². The maximum absolute atomic E-state index is 11.2. The molecule has 0 spiro atoms. The van der Waals surface area contributed by atoms with Crippen molar-refractivity contribution in [3.05, 3.63) is 23.0 Å². The van der Waals surface area contributed by atoms with Crippen LogP contribution in [-0.2, 0) is 4.74 Å². The lowest BCUT2D eigenvalue weighted by Gasteiger charge is -2.06. The normalized spacial score (nSPS) is 9.46. The number of anilines is 1. The van der Waals surface area contributed by atoms with Gasteiger partial charge in [0.1, 0.15) is 5.15 Å². The summed E-state index contributed by atoms with van der Waals surface area (Å²) in [5.74, 6) is -0.436. The van der Waals surface area contributed by atoms with Crippen molar-refractivity contribution in [1.82, 2.24) is 4.98 Å². The zero-order valence-corrected chi connectivity index (χ0v) is 8.05. The number of carbonyl (C=O) groups excluding carboxylic acids is 1. The highest BCUT2D eigenvalue weighted by Gasteiger charge is 2.11. The molecule has 0 bridgehead atoms. The van der Waals surface area contributed by atoms with Crippen molar-refractivity contribution in [2.45, 2.75) is 0 Å². The van der Waals surface area contributed by atoms with Crippen LogP contribution in [0.4, 0.5) is 5.69 Å². The number of rotatable bonds is 2. The van der Waals surface area contributed by atoms with E-state index in [0.717, 1.165) is 0 Å². The molecular weight excluding hydrogens is 192 g/mol. The number of nitrogens with zero attached hydrogens (tertiary/aromatic N) is 1. The summed E-state index contributed by atoms with van der Waals surface area (Å²) in [7, 11) is 3.01.